The SMILES string of the molecule is CCC(=O)O[C@H](CC)CC(=O)NC1[C@H](OCC2OC(O[Si](C)(C)C(C)(C)C)C(NCC[C@H](C)CC)[C@@H](OC(=O)C[C@H](C)CC)[C@@H]2C)OC(COCc2ccccc2)[C@@H](OP2(=O)OCc3ccccc3CO2)[C@@H]1OC(=O)C[C@@H](CC)OC(=O)CC. The Morgan fingerprint density at radius 2 is 1.23 bits per heavy atom. The highest BCUT2D eigenvalue weighted by Crippen LogP contribution is 2.55. The van der Waals surface area contributed by atoms with Crippen molar-refractivity contribution in [2.75, 3.05) is 19.8 Å². The molecule has 22 heteroatoms. The Morgan fingerprint density at radius 1 is 0.667 bits per heavy atom. The molecule has 2 saturated heterocycles. The van der Waals surface area contributed by atoms with E-state index in [9.17, 15) is 24.0 Å². The highest BCUT2D eigenvalue weighted by atomic mass is 31.2. The molecule has 0 aliphatic carbocycles. The number of amides is 1. The first kappa shape index (κ1) is 70.6. The zero-order valence-electron chi connectivity index (χ0n) is 52.4. The molecule has 0 aromatic heterocycles. The second kappa shape index (κ2) is 33.9. The third-order valence-electron chi connectivity index (χ3n) is 16.5. The summed E-state index contributed by atoms with van der Waals surface area (Å²) in [6, 6.07) is 14.6. The third-order valence-corrected chi connectivity index (χ3v) is 22.4. The van der Waals surface area contributed by atoms with Gasteiger partial charge in [0.25, 0.3) is 0 Å². The van der Waals surface area contributed by atoms with Gasteiger partial charge in [-0.3, -0.25) is 37.5 Å². The summed E-state index contributed by atoms with van der Waals surface area (Å²) >= 11 is 0. The van der Waals surface area contributed by atoms with Crippen LogP contribution in [0.5, 0.6) is 0 Å². The number of ether oxygens (including phenoxy) is 8. The number of benzene rings is 2. The Kier molecular flexibility index (Phi) is 28.5. The number of rotatable bonds is 32. The van der Waals surface area contributed by atoms with Gasteiger partial charge in [-0.15, -0.1) is 0 Å². The van der Waals surface area contributed by atoms with Gasteiger partial charge in [-0.2, -0.15) is 0 Å². The number of carbonyl (C=O) groups excluding carboxylic acids is 5. The predicted molar refractivity (Wildman–Crippen MR) is 317 cm³/mol. The average Bonchev–Trinajstić information content (AvgIpc) is 2.85. The van der Waals surface area contributed by atoms with Crippen LogP contribution >= 0.6 is 7.82 Å². The first-order valence-electron chi connectivity index (χ1n) is 30.5. The van der Waals surface area contributed by atoms with Gasteiger partial charge in [-0.1, -0.05) is 151 Å². The van der Waals surface area contributed by atoms with E-state index in [0.29, 0.717) is 23.6 Å². The van der Waals surface area contributed by atoms with Crippen LogP contribution in [0.15, 0.2) is 54.6 Å². The maximum atomic E-state index is 15.1. The lowest BCUT2D eigenvalue weighted by Crippen LogP contribution is -2.67. The van der Waals surface area contributed by atoms with Gasteiger partial charge in [0.1, 0.15) is 36.6 Å². The van der Waals surface area contributed by atoms with Crippen molar-refractivity contribution in [3.05, 3.63) is 71.3 Å². The predicted octanol–water partition coefficient (Wildman–Crippen LogP) is 11.0. The lowest BCUT2D eigenvalue weighted by molar-refractivity contribution is -0.293. The average molecular weight is 1220 g/mol. The number of nitrogens with one attached hydrogen (secondary N) is 2. The molecule has 2 N–H and O–H groups in total. The molecule has 0 saturated carbocycles. The highest BCUT2D eigenvalue weighted by molar-refractivity contribution is 7.48. The second-order valence-electron chi connectivity index (χ2n) is 24.1. The Balaban J connectivity index is 1.65. The van der Waals surface area contributed by atoms with E-state index in [0.717, 1.165) is 24.8 Å². The summed E-state index contributed by atoms with van der Waals surface area (Å²) in [5.74, 6) is -2.95. The number of carbonyl (C=O) groups is 5. The molecule has 5 rings (SSSR count). The van der Waals surface area contributed by atoms with E-state index in [4.69, 9.17) is 55.9 Å². The maximum Gasteiger partial charge on any atom is 0.475 e. The summed E-state index contributed by atoms with van der Waals surface area (Å²) < 4.78 is 92.2. The highest BCUT2D eigenvalue weighted by Gasteiger charge is 2.55. The zero-order valence-corrected chi connectivity index (χ0v) is 54.3. The molecular weight excluding hydrogens is 1120 g/mol. The van der Waals surface area contributed by atoms with Gasteiger partial charge in [0, 0.05) is 25.2 Å². The van der Waals surface area contributed by atoms with E-state index >= 15 is 4.57 Å². The summed E-state index contributed by atoms with van der Waals surface area (Å²) in [5.41, 5.74) is 2.24. The summed E-state index contributed by atoms with van der Waals surface area (Å²) in [4.78, 5) is 68.4. The molecule has 2 aromatic rings. The molecule has 5 unspecified atom stereocenters. The lowest BCUT2D eigenvalue weighted by atomic mass is 9.88. The van der Waals surface area contributed by atoms with Crippen molar-refractivity contribution in [2.24, 2.45) is 17.8 Å². The van der Waals surface area contributed by atoms with Gasteiger partial charge >= 0.3 is 31.7 Å². The van der Waals surface area contributed by atoms with Crippen LogP contribution in [0, 0.1) is 17.8 Å². The zero-order chi connectivity index (χ0) is 61.8. The largest absolute Gasteiger partial charge is 0.475 e. The molecule has 3 aliphatic rings. The summed E-state index contributed by atoms with van der Waals surface area (Å²) in [6.07, 6.45) is -7.53. The molecule has 3 heterocycles. The van der Waals surface area contributed by atoms with Crippen LogP contribution in [0.25, 0.3) is 0 Å². The first-order valence-corrected chi connectivity index (χ1v) is 34.9. The number of phosphoric ester groups is 1. The molecule has 1 amide bonds. The maximum absolute atomic E-state index is 15.1. The van der Waals surface area contributed by atoms with Crippen LogP contribution in [0.1, 0.15) is 164 Å². The number of hydrogen-bond donors (Lipinski definition) is 2. The Hall–Kier alpha value is -4.12. The summed E-state index contributed by atoms with van der Waals surface area (Å²) in [7, 11) is -7.24. The van der Waals surface area contributed by atoms with E-state index in [-0.39, 0.29) is 88.5 Å². The van der Waals surface area contributed by atoms with Gasteiger partial charge in [0.15, 0.2) is 27.0 Å². The van der Waals surface area contributed by atoms with Gasteiger partial charge in [-0.25, -0.2) is 4.57 Å². The molecule has 2 fully saturated rings. The topological polar surface area (TPSA) is 237 Å². The minimum absolute atomic E-state index is 0.0633. The Labute approximate surface area is 500 Å². The monoisotopic (exact) mass is 1220 g/mol. The molecule has 14 atom stereocenters. The third kappa shape index (κ3) is 21.3. The summed E-state index contributed by atoms with van der Waals surface area (Å²) in [5, 5.41) is 6.43. The van der Waals surface area contributed by atoms with Crippen molar-refractivity contribution in [1.29, 1.82) is 0 Å². The van der Waals surface area contributed by atoms with Crippen LogP contribution in [-0.2, 0) is 104 Å². The number of esters is 4. The van der Waals surface area contributed by atoms with Crippen molar-refractivity contribution in [3.63, 3.8) is 0 Å². The smallest absolute Gasteiger partial charge is 0.462 e. The van der Waals surface area contributed by atoms with Crippen LogP contribution in [0.2, 0.25) is 18.1 Å². The molecule has 0 bridgehead atoms. The van der Waals surface area contributed by atoms with Crippen molar-refractivity contribution in [1.82, 2.24) is 10.6 Å². The molecule has 2 aromatic carbocycles. The number of fused-ring (bicyclic) bond motifs is 1. The second-order valence-corrected chi connectivity index (χ2v) is 30.5. The van der Waals surface area contributed by atoms with Gasteiger partial charge in [-0.05, 0) is 72.5 Å². The van der Waals surface area contributed by atoms with Crippen molar-refractivity contribution < 1.29 is 84.4 Å². The molecule has 3 aliphatic heterocycles. The standard InChI is InChI=1S/C62H99N2O18PSi/c1-15-40(7)30-31-63-55-57(79-53(68)32-41(8)16-2)42(9)48(77-61(55)82-84(13,14)62(10,11)12)39-72-60-56(64-50(65)33-46(17-3)75-51(66)19-5)59(80-54(69)34-47(18-4)76-52(67)20-6)58(49(78-60)38-71-35-43-26-22-21-23-27-43)81-83(70)73-36-44-28-24-25-29-45(44)37-74-83/h21-29,40-42,46-49,55-61,63H,15-20,30-39H2,1-14H3,(H,64,65)/t40-,41-,42-,46-,47-,48?,49?,55?,56?,57+,58-,59-,60-,61?/m1/s1. The molecule has 84 heavy (non-hydrogen) atoms. The van der Waals surface area contributed by atoms with E-state index in [1.807, 2.05) is 75.4 Å². The van der Waals surface area contributed by atoms with Gasteiger partial charge in [0.2, 0.25) is 5.91 Å². The molecule has 20 nitrogen and oxygen atoms in total. The van der Waals surface area contributed by atoms with Crippen LogP contribution in [0.3, 0.4) is 0 Å². The van der Waals surface area contributed by atoms with Crippen LogP contribution in [0.4, 0.5) is 0 Å². The Bertz CT molecular complexity index is 2400. The minimum atomic E-state index is -4.62. The molecule has 0 radical (unpaired) electrons. The summed E-state index contributed by atoms with van der Waals surface area (Å²) in [6.45, 7) is 27.6. The van der Waals surface area contributed by atoms with E-state index in [1.165, 1.54) is 0 Å². The first-order chi connectivity index (χ1) is 39.9. The van der Waals surface area contributed by atoms with Gasteiger partial charge < -0.3 is 53.0 Å². The molecular formula is C62H99N2O18PSi. The number of hydrogen-bond acceptors (Lipinski definition) is 19. The number of phosphoric acid groups is 1. The van der Waals surface area contributed by atoms with E-state index < -0.39 is 120 Å². The molecule has 474 valence electrons. The van der Waals surface area contributed by atoms with E-state index in [2.05, 4.69) is 58.3 Å². The van der Waals surface area contributed by atoms with Crippen molar-refractivity contribution in [3.8, 4) is 0 Å². The van der Waals surface area contributed by atoms with Crippen LogP contribution < -0.4 is 10.6 Å². The van der Waals surface area contributed by atoms with Crippen LogP contribution in [-0.4, -0.2) is 125 Å². The normalized spacial score (nSPS) is 25.8. The van der Waals surface area contributed by atoms with Crippen molar-refractivity contribution >= 4 is 45.9 Å². The fourth-order valence-electron chi connectivity index (χ4n) is 9.51. The fourth-order valence-corrected chi connectivity index (χ4v) is 12.0. The lowest BCUT2D eigenvalue weighted by Gasteiger charge is -2.50. The quantitative estimate of drug-likeness (QED) is 0.0300. The van der Waals surface area contributed by atoms with Gasteiger partial charge in [0.05, 0.1) is 58.0 Å². The van der Waals surface area contributed by atoms with Crippen molar-refractivity contribution in [2.45, 2.75) is 253 Å². The van der Waals surface area contributed by atoms with E-state index in [1.54, 1.807) is 27.7 Å². The Morgan fingerprint density at radius 3 is 1.80 bits per heavy atom. The minimum Gasteiger partial charge on any atom is -0.462 e. The molecule has 0 spiro atoms. The fraction of sp³-hybridized carbons (Fsp3) is 0.726.